The zero-order valence-electron chi connectivity index (χ0n) is 18.5. The maximum Gasteiger partial charge on any atom is 0.254 e. The third kappa shape index (κ3) is 3.15. The quantitative estimate of drug-likeness (QED) is 0.397. The molecule has 0 saturated carbocycles. The van der Waals surface area contributed by atoms with E-state index >= 15 is 0 Å². The fourth-order valence-electron chi connectivity index (χ4n) is 5.04. The predicted octanol–water partition coefficient (Wildman–Crippen LogP) is 5.27. The van der Waals surface area contributed by atoms with Gasteiger partial charge in [0.25, 0.3) is 5.91 Å². The zero-order chi connectivity index (χ0) is 23.2. The largest absolute Gasteiger partial charge is 0.361 e. The molecule has 0 fully saturated rings. The Kier molecular flexibility index (Phi) is 4.66. The zero-order valence-corrected chi connectivity index (χ0v) is 18.5. The van der Waals surface area contributed by atoms with Crippen molar-refractivity contribution in [3.63, 3.8) is 0 Å². The van der Waals surface area contributed by atoms with Crippen LogP contribution in [0.4, 0.5) is 5.69 Å². The van der Waals surface area contributed by atoms with Crippen molar-refractivity contribution in [3.8, 4) is 0 Å². The third-order valence-corrected chi connectivity index (χ3v) is 6.66. The molecule has 3 heterocycles. The van der Waals surface area contributed by atoms with E-state index in [0.717, 1.165) is 32.9 Å². The molecule has 0 radical (unpaired) electrons. The Labute approximate surface area is 196 Å². The van der Waals surface area contributed by atoms with Crippen molar-refractivity contribution in [2.45, 2.75) is 12.0 Å². The summed E-state index contributed by atoms with van der Waals surface area (Å²) in [6.07, 6.45) is 3.58. The first-order valence-corrected chi connectivity index (χ1v) is 11.2. The monoisotopic (exact) mass is 446 g/mol. The number of amides is 2. The SMILES string of the molecule is CN1C(=O)c2ccccc2C(C(=O)Nc2cnc3ccccc3c2)C1c1c[nH]c2ccccc12. The summed E-state index contributed by atoms with van der Waals surface area (Å²) in [5, 5.41) is 5.02. The van der Waals surface area contributed by atoms with Crippen molar-refractivity contribution in [1.82, 2.24) is 14.9 Å². The minimum absolute atomic E-state index is 0.0951. The fourth-order valence-corrected chi connectivity index (χ4v) is 5.04. The molecule has 166 valence electrons. The van der Waals surface area contributed by atoms with Gasteiger partial charge in [-0.05, 0) is 29.8 Å². The van der Waals surface area contributed by atoms with Crippen LogP contribution in [-0.2, 0) is 4.79 Å². The lowest BCUT2D eigenvalue weighted by molar-refractivity contribution is -0.119. The molecular formula is C28H22N4O2. The lowest BCUT2D eigenvalue weighted by atomic mass is 9.79. The molecule has 6 heteroatoms. The molecule has 3 aromatic carbocycles. The molecule has 6 nitrogen and oxygen atoms in total. The minimum atomic E-state index is -0.593. The van der Waals surface area contributed by atoms with Crippen LogP contribution in [-0.4, -0.2) is 33.7 Å². The second-order valence-corrected chi connectivity index (χ2v) is 8.62. The number of benzene rings is 3. The Morgan fingerprint density at radius 2 is 1.74 bits per heavy atom. The van der Waals surface area contributed by atoms with Gasteiger partial charge in [0.05, 0.1) is 29.4 Å². The molecule has 2 atom stereocenters. The molecule has 1 aliphatic rings. The van der Waals surface area contributed by atoms with E-state index in [0.29, 0.717) is 11.3 Å². The van der Waals surface area contributed by atoms with E-state index in [1.165, 1.54) is 0 Å². The van der Waals surface area contributed by atoms with E-state index in [4.69, 9.17) is 0 Å². The van der Waals surface area contributed by atoms with Crippen LogP contribution in [0.3, 0.4) is 0 Å². The van der Waals surface area contributed by atoms with E-state index < -0.39 is 12.0 Å². The Hall–Kier alpha value is -4.45. The van der Waals surface area contributed by atoms with Crippen LogP contribution in [0.15, 0.2) is 91.3 Å². The lowest BCUT2D eigenvalue weighted by Gasteiger charge is -2.39. The molecule has 2 aromatic heterocycles. The highest BCUT2D eigenvalue weighted by Crippen LogP contribution is 2.44. The number of rotatable bonds is 3. The fraction of sp³-hybridized carbons (Fsp3) is 0.107. The summed E-state index contributed by atoms with van der Waals surface area (Å²) in [6.45, 7) is 0. The van der Waals surface area contributed by atoms with Crippen molar-refractivity contribution < 1.29 is 9.59 Å². The van der Waals surface area contributed by atoms with Crippen molar-refractivity contribution >= 4 is 39.3 Å². The average molecular weight is 447 g/mol. The second-order valence-electron chi connectivity index (χ2n) is 8.62. The molecule has 6 rings (SSSR count). The molecule has 2 N–H and O–H groups in total. The number of aromatic nitrogens is 2. The van der Waals surface area contributed by atoms with Crippen LogP contribution < -0.4 is 5.32 Å². The molecule has 2 amide bonds. The van der Waals surface area contributed by atoms with Crippen molar-refractivity contribution in [1.29, 1.82) is 0 Å². The summed E-state index contributed by atoms with van der Waals surface area (Å²) < 4.78 is 0. The Bertz CT molecular complexity index is 1570. The van der Waals surface area contributed by atoms with Gasteiger partial charge in [-0.3, -0.25) is 14.6 Å². The average Bonchev–Trinajstić information content (AvgIpc) is 3.29. The molecule has 2 unspecified atom stereocenters. The minimum Gasteiger partial charge on any atom is -0.361 e. The van der Waals surface area contributed by atoms with Crippen molar-refractivity contribution in [2.24, 2.45) is 0 Å². The van der Waals surface area contributed by atoms with E-state index in [1.807, 2.05) is 79.0 Å². The first-order valence-electron chi connectivity index (χ1n) is 11.2. The molecule has 0 spiro atoms. The van der Waals surface area contributed by atoms with Crippen LogP contribution in [0.5, 0.6) is 0 Å². The lowest BCUT2D eigenvalue weighted by Crippen LogP contribution is -2.44. The number of carbonyl (C=O) groups excluding carboxylic acids is 2. The number of aromatic amines is 1. The van der Waals surface area contributed by atoms with Crippen LogP contribution in [0.25, 0.3) is 21.8 Å². The van der Waals surface area contributed by atoms with Crippen LogP contribution in [0.2, 0.25) is 0 Å². The van der Waals surface area contributed by atoms with Gasteiger partial charge >= 0.3 is 0 Å². The van der Waals surface area contributed by atoms with Gasteiger partial charge in [-0.25, -0.2) is 0 Å². The predicted molar refractivity (Wildman–Crippen MR) is 133 cm³/mol. The van der Waals surface area contributed by atoms with E-state index in [9.17, 15) is 9.59 Å². The maximum atomic E-state index is 13.9. The van der Waals surface area contributed by atoms with Gasteiger partial charge < -0.3 is 15.2 Å². The first kappa shape index (κ1) is 20.2. The summed E-state index contributed by atoms with van der Waals surface area (Å²) >= 11 is 0. The summed E-state index contributed by atoms with van der Waals surface area (Å²) in [5.41, 5.74) is 4.65. The summed E-state index contributed by atoms with van der Waals surface area (Å²) in [7, 11) is 1.77. The Morgan fingerprint density at radius 3 is 2.65 bits per heavy atom. The standard InChI is InChI=1S/C28H22N4O2/c1-32-26(22-16-30-24-13-7-5-9-19(22)24)25(20-10-3-4-11-21(20)28(32)34)27(33)31-18-14-17-8-2-6-12-23(17)29-15-18/h2-16,25-26,30H,1H3,(H,31,33). The number of carbonyl (C=O) groups is 2. The maximum absolute atomic E-state index is 13.9. The highest BCUT2D eigenvalue weighted by Gasteiger charge is 2.43. The number of hydrogen-bond acceptors (Lipinski definition) is 3. The number of para-hydroxylation sites is 2. The van der Waals surface area contributed by atoms with Crippen LogP contribution in [0.1, 0.15) is 33.4 Å². The summed E-state index contributed by atoms with van der Waals surface area (Å²) in [5.74, 6) is -0.869. The number of fused-ring (bicyclic) bond motifs is 3. The molecule has 5 aromatic rings. The van der Waals surface area contributed by atoms with Gasteiger partial charge in [0.2, 0.25) is 5.91 Å². The summed E-state index contributed by atoms with van der Waals surface area (Å²) in [4.78, 5) is 36.6. The highest BCUT2D eigenvalue weighted by molar-refractivity contribution is 6.05. The highest BCUT2D eigenvalue weighted by atomic mass is 16.2. The Morgan fingerprint density at radius 1 is 0.971 bits per heavy atom. The van der Waals surface area contributed by atoms with Gasteiger partial charge in [-0.15, -0.1) is 0 Å². The number of anilines is 1. The number of likely N-dealkylation sites (N-methyl/N-ethyl adjacent to an activating group) is 1. The van der Waals surface area contributed by atoms with Crippen LogP contribution >= 0.6 is 0 Å². The van der Waals surface area contributed by atoms with Gasteiger partial charge in [0.15, 0.2) is 0 Å². The normalized spacial score (nSPS) is 17.7. The molecule has 0 saturated heterocycles. The van der Waals surface area contributed by atoms with E-state index in [-0.39, 0.29) is 11.8 Å². The Balaban J connectivity index is 1.47. The molecule has 0 aliphatic carbocycles. The number of nitrogens with zero attached hydrogens (tertiary/aromatic N) is 2. The molecule has 0 bridgehead atoms. The van der Waals surface area contributed by atoms with Crippen molar-refractivity contribution in [3.05, 3.63) is 108 Å². The first-order chi connectivity index (χ1) is 16.6. The number of pyridine rings is 1. The number of hydrogen-bond donors (Lipinski definition) is 2. The third-order valence-electron chi connectivity index (χ3n) is 6.66. The topological polar surface area (TPSA) is 78.1 Å². The van der Waals surface area contributed by atoms with Gasteiger partial charge in [0.1, 0.15) is 0 Å². The molecule has 1 aliphatic heterocycles. The van der Waals surface area contributed by atoms with Gasteiger partial charge in [0, 0.05) is 40.7 Å². The van der Waals surface area contributed by atoms with E-state index in [2.05, 4.69) is 15.3 Å². The van der Waals surface area contributed by atoms with Gasteiger partial charge in [-0.1, -0.05) is 54.6 Å². The van der Waals surface area contributed by atoms with Crippen molar-refractivity contribution in [2.75, 3.05) is 12.4 Å². The number of nitrogens with one attached hydrogen (secondary N) is 2. The number of H-pyrrole nitrogens is 1. The second kappa shape index (κ2) is 7.85. The van der Waals surface area contributed by atoms with E-state index in [1.54, 1.807) is 24.2 Å². The summed E-state index contributed by atoms with van der Waals surface area (Å²) in [6, 6.07) is 24.6. The molecular weight excluding hydrogens is 424 g/mol. The molecule has 34 heavy (non-hydrogen) atoms. The van der Waals surface area contributed by atoms with Crippen LogP contribution in [0, 0.1) is 0 Å². The van der Waals surface area contributed by atoms with Gasteiger partial charge in [-0.2, -0.15) is 0 Å². The smallest absolute Gasteiger partial charge is 0.254 e.